The highest BCUT2D eigenvalue weighted by Gasteiger charge is 2.17. The van der Waals surface area contributed by atoms with Gasteiger partial charge >= 0.3 is 0 Å². The first kappa shape index (κ1) is 13.0. The minimum atomic E-state index is 0.260. The van der Waals surface area contributed by atoms with Gasteiger partial charge in [0.05, 0.1) is 6.61 Å². The molecule has 2 rings (SSSR count). The number of hydrogen-bond donors (Lipinski definition) is 2. The average Bonchev–Trinajstić information content (AvgIpc) is 2.99. The summed E-state index contributed by atoms with van der Waals surface area (Å²) >= 11 is 1.76. The van der Waals surface area contributed by atoms with Crippen molar-refractivity contribution in [3.63, 3.8) is 0 Å². The Morgan fingerprint density at radius 1 is 1.47 bits per heavy atom. The molecule has 0 bridgehead atoms. The Hall–Kier alpha value is -0.420. The van der Waals surface area contributed by atoms with E-state index in [4.69, 9.17) is 5.11 Å². The molecule has 17 heavy (non-hydrogen) atoms. The zero-order valence-corrected chi connectivity index (χ0v) is 11.1. The molecular formula is C13H22N2OS. The lowest BCUT2D eigenvalue weighted by molar-refractivity contribution is 0.186. The third-order valence-corrected chi connectivity index (χ3v) is 4.09. The van der Waals surface area contributed by atoms with Gasteiger partial charge < -0.3 is 10.4 Å². The van der Waals surface area contributed by atoms with Crippen LogP contribution in [-0.2, 0) is 6.42 Å². The largest absolute Gasteiger partial charge is 0.395 e. The van der Waals surface area contributed by atoms with Gasteiger partial charge in [0.2, 0.25) is 0 Å². The van der Waals surface area contributed by atoms with Gasteiger partial charge in [-0.05, 0) is 48.2 Å². The summed E-state index contributed by atoms with van der Waals surface area (Å²) in [7, 11) is 0. The van der Waals surface area contributed by atoms with E-state index in [2.05, 4.69) is 27.0 Å². The van der Waals surface area contributed by atoms with Gasteiger partial charge in [0.15, 0.2) is 0 Å². The van der Waals surface area contributed by atoms with Crippen LogP contribution in [0.3, 0.4) is 0 Å². The molecule has 0 spiro atoms. The van der Waals surface area contributed by atoms with Crippen molar-refractivity contribution >= 4 is 11.3 Å². The van der Waals surface area contributed by atoms with Gasteiger partial charge in [0.25, 0.3) is 0 Å². The summed E-state index contributed by atoms with van der Waals surface area (Å²) in [5.74, 6) is 0. The van der Waals surface area contributed by atoms with E-state index in [-0.39, 0.29) is 6.61 Å². The van der Waals surface area contributed by atoms with Crippen molar-refractivity contribution in [2.24, 2.45) is 0 Å². The Bertz CT molecular complexity index is 296. The van der Waals surface area contributed by atoms with Gasteiger partial charge in [-0.1, -0.05) is 0 Å². The summed E-state index contributed by atoms with van der Waals surface area (Å²) in [4.78, 5) is 2.38. The summed E-state index contributed by atoms with van der Waals surface area (Å²) in [6, 6.07) is 2.82. The molecule has 1 aliphatic rings. The second kappa shape index (κ2) is 7.11. The lowest BCUT2D eigenvalue weighted by atomic mass is 10.2. The fraction of sp³-hybridized carbons (Fsp3) is 0.692. The maximum Gasteiger partial charge on any atom is 0.0558 e. The minimum Gasteiger partial charge on any atom is -0.395 e. The fourth-order valence-corrected chi connectivity index (χ4v) is 3.09. The molecule has 0 amide bonds. The van der Waals surface area contributed by atoms with Crippen molar-refractivity contribution in [2.45, 2.75) is 25.3 Å². The van der Waals surface area contributed by atoms with Gasteiger partial charge in [-0.25, -0.2) is 0 Å². The van der Waals surface area contributed by atoms with E-state index in [1.165, 1.54) is 18.4 Å². The minimum absolute atomic E-state index is 0.260. The first-order valence-electron chi connectivity index (χ1n) is 6.46. The molecule has 1 aliphatic heterocycles. The van der Waals surface area contributed by atoms with Crippen LogP contribution in [0.25, 0.3) is 0 Å². The number of aliphatic hydroxyl groups is 1. The molecule has 2 N–H and O–H groups in total. The Balaban J connectivity index is 1.75. The lowest BCUT2D eigenvalue weighted by Gasteiger charge is -2.24. The predicted molar refractivity (Wildman–Crippen MR) is 72.6 cm³/mol. The van der Waals surface area contributed by atoms with Crippen molar-refractivity contribution in [1.29, 1.82) is 0 Å². The summed E-state index contributed by atoms with van der Waals surface area (Å²) in [5.41, 5.74) is 1.41. The standard InChI is InChI=1S/C13H22N2OS/c16-8-7-15(10-13-2-1-5-14-13)6-3-12-4-9-17-11-12/h4,9,11,13-14,16H,1-3,5-8,10H2. The quantitative estimate of drug-likeness (QED) is 0.771. The Morgan fingerprint density at radius 3 is 3.06 bits per heavy atom. The molecule has 0 saturated carbocycles. The van der Waals surface area contributed by atoms with Gasteiger partial charge in [-0.15, -0.1) is 0 Å². The predicted octanol–water partition coefficient (Wildman–Crippen LogP) is 1.34. The molecular weight excluding hydrogens is 232 g/mol. The summed E-state index contributed by atoms with van der Waals surface area (Å²) in [5, 5.41) is 17.0. The first-order chi connectivity index (χ1) is 8.38. The number of nitrogens with one attached hydrogen (secondary N) is 1. The van der Waals surface area contributed by atoms with Crippen LogP contribution in [0.4, 0.5) is 0 Å². The van der Waals surface area contributed by atoms with E-state index in [9.17, 15) is 0 Å². The van der Waals surface area contributed by atoms with E-state index >= 15 is 0 Å². The van der Waals surface area contributed by atoms with Crippen molar-refractivity contribution in [2.75, 3.05) is 32.8 Å². The normalized spacial score (nSPS) is 20.2. The third-order valence-electron chi connectivity index (χ3n) is 3.35. The maximum absolute atomic E-state index is 9.11. The highest BCUT2D eigenvalue weighted by Crippen LogP contribution is 2.10. The SMILES string of the molecule is OCCN(CCc1ccsc1)CC1CCCN1. The van der Waals surface area contributed by atoms with Crippen LogP contribution in [0.5, 0.6) is 0 Å². The van der Waals surface area contributed by atoms with E-state index in [0.29, 0.717) is 6.04 Å². The Labute approximate surface area is 107 Å². The van der Waals surface area contributed by atoms with Crippen LogP contribution in [0, 0.1) is 0 Å². The van der Waals surface area contributed by atoms with Crippen LogP contribution in [0.15, 0.2) is 16.8 Å². The molecule has 1 fully saturated rings. The highest BCUT2D eigenvalue weighted by molar-refractivity contribution is 7.07. The van der Waals surface area contributed by atoms with Gasteiger partial charge in [0.1, 0.15) is 0 Å². The number of aliphatic hydroxyl groups excluding tert-OH is 1. The van der Waals surface area contributed by atoms with Crippen molar-refractivity contribution in [1.82, 2.24) is 10.2 Å². The number of rotatable bonds is 7. The molecule has 2 heterocycles. The van der Waals surface area contributed by atoms with Crippen molar-refractivity contribution in [3.8, 4) is 0 Å². The Kier molecular flexibility index (Phi) is 5.45. The zero-order chi connectivity index (χ0) is 11.9. The number of thiophene rings is 1. The second-order valence-corrected chi connectivity index (χ2v) is 5.48. The van der Waals surface area contributed by atoms with Crippen molar-refractivity contribution < 1.29 is 5.11 Å². The zero-order valence-electron chi connectivity index (χ0n) is 10.3. The topological polar surface area (TPSA) is 35.5 Å². The molecule has 1 aromatic rings. The third kappa shape index (κ3) is 4.39. The molecule has 3 nitrogen and oxygen atoms in total. The molecule has 1 atom stereocenters. The summed E-state index contributed by atoms with van der Waals surface area (Å²) < 4.78 is 0. The van der Waals surface area contributed by atoms with Crippen LogP contribution in [-0.4, -0.2) is 48.8 Å². The maximum atomic E-state index is 9.11. The summed E-state index contributed by atoms with van der Waals surface area (Å²) in [6.07, 6.45) is 3.67. The van der Waals surface area contributed by atoms with Crippen molar-refractivity contribution in [3.05, 3.63) is 22.4 Å². The molecule has 1 saturated heterocycles. The monoisotopic (exact) mass is 254 g/mol. The lowest BCUT2D eigenvalue weighted by Crippen LogP contribution is -2.39. The molecule has 1 aromatic heterocycles. The van der Waals surface area contributed by atoms with E-state index < -0.39 is 0 Å². The molecule has 4 heteroatoms. The average molecular weight is 254 g/mol. The molecule has 96 valence electrons. The number of nitrogens with zero attached hydrogens (tertiary/aromatic N) is 1. The van der Waals surface area contributed by atoms with Crippen LogP contribution < -0.4 is 5.32 Å². The molecule has 0 radical (unpaired) electrons. The van der Waals surface area contributed by atoms with Crippen LogP contribution in [0.1, 0.15) is 18.4 Å². The van der Waals surface area contributed by atoms with Crippen LogP contribution >= 0.6 is 11.3 Å². The van der Waals surface area contributed by atoms with Gasteiger partial charge in [-0.2, -0.15) is 11.3 Å². The molecule has 0 aliphatic carbocycles. The van der Waals surface area contributed by atoms with Crippen LogP contribution in [0.2, 0.25) is 0 Å². The smallest absolute Gasteiger partial charge is 0.0558 e. The number of hydrogen-bond acceptors (Lipinski definition) is 4. The fourth-order valence-electron chi connectivity index (χ4n) is 2.38. The molecule has 0 aromatic carbocycles. The highest BCUT2D eigenvalue weighted by atomic mass is 32.1. The second-order valence-electron chi connectivity index (χ2n) is 4.70. The first-order valence-corrected chi connectivity index (χ1v) is 7.40. The van der Waals surface area contributed by atoms with Gasteiger partial charge in [-0.3, -0.25) is 4.90 Å². The summed E-state index contributed by atoms with van der Waals surface area (Å²) in [6.45, 7) is 4.33. The molecule has 1 unspecified atom stereocenters. The van der Waals surface area contributed by atoms with E-state index in [0.717, 1.165) is 32.6 Å². The Morgan fingerprint density at radius 2 is 2.41 bits per heavy atom. The van der Waals surface area contributed by atoms with Gasteiger partial charge in [0, 0.05) is 25.7 Å². The van der Waals surface area contributed by atoms with E-state index in [1.807, 2.05) is 0 Å². The van der Waals surface area contributed by atoms with E-state index in [1.54, 1.807) is 11.3 Å².